The maximum atomic E-state index is 13.1. The summed E-state index contributed by atoms with van der Waals surface area (Å²) in [7, 11) is -9.94. The van der Waals surface area contributed by atoms with Gasteiger partial charge in [-0.25, -0.2) is 9.13 Å². The average Bonchev–Trinajstić information content (AvgIpc) is 1.21. The minimum absolute atomic E-state index is 0.0879. The molecule has 104 heavy (non-hydrogen) atoms. The maximum absolute atomic E-state index is 13.1. The first kappa shape index (κ1) is 102. The van der Waals surface area contributed by atoms with Gasteiger partial charge in [-0.2, -0.15) is 0 Å². The molecule has 0 aliphatic heterocycles. The predicted molar refractivity (Wildman–Crippen MR) is 428 cm³/mol. The van der Waals surface area contributed by atoms with E-state index in [-0.39, 0.29) is 25.7 Å². The van der Waals surface area contributed by atoms with E-state index >= 15 is 0 Å². The molecule has 0 radical (unpaired) electrons. The summed E-state index contributed by atoms with van der Waals surface area (Å²) in [6.07, 6.45) is 75.6. The molecular formula is C85H162O17P2. The van der Waals surface area contributed by atoms with Crippen molar-refractivity contribution in [3.05, 3.63) is 24.3 Å². The molecule has 0 rings (SSSR count). The van der Waals surface area contributed by atoms with E-state index in [0.717, 1.165) is 109 Å². The van der Waals surface area contributed by atoms with Crippen LogP contribution in [0.2, 0.25) is 0 Å². The first-order valence-electron chi connectivity index (χ1n) is 43.6. The van der Waals surface area contributed by atoms with E-state index in [1.807, 2.05) is 0 Å². The fourth-order valence-electron chi connectivity index (χ4n) is 12.8. The van der Waals surface area contributed by atoms with Crippen molar-refractivity contribution >= 4 is 39.5 Å². The van der Waals surface area contributed by atoms with E-state index in [1.165, 1.54) is 250 Å². The first-order valence-corrected chi connectivity index (χ1v) is 46.6. The fraction of sp³-hybridized carbons (Fsp3) is 0.906. The molecule has 3 N–H and O–H groups in total. The SMILES string of the molecule is CCCCC/C=C\C/C=C\CCCCCCCC(=O)O[C@H](COC(=O)CCCCCCCCCCCCCCCCCCC)COP(=O)(O)OC[C@H](O)COP(=O)(O)OC[C@@H](COC(=O)CCCCCCCCCCCCCCCCCCC)OC(=O)CCCCCCCCCCCCCCCCC. The highest BCUT2D eigenvalue weighted by Crippen LogP contribution is 2.45. The lowest BCUT2D eigenvalue weighted by Crippen LogP contribution is -2.30. The standard InChI is InChI=1S/C85H162O17P2/c1-5-9-13-17-21-25-29-33-37-39-43-45-49-53-57-61-65-69-82(87)95-75-80(101-84(89)71-67-63-59-55-51-47-41-35-31-27-23-19-15-11-7-3)77-99-103(91,92)97-73-79(86)74-98-104(93,94)100-78-81(102-85(90)72-68-64-60-56-52-48-42-36-32-28-24-20-16-12-8-4)76-96-83(88)70-66-62-58-54-50-46-44-40-38-34-30-26-22-18-14-10-6-2/h23,27,35,41,79-81,86H,5-22,24-26,28-34,36-40,42-78H2,1-4H3,(H,91,92)(H,93,94)/b27-23-,41-35-/t79-,80+,81+/m0/s1. The molecule has 0 aliphatic rings. The van der Waals surface area contributed by atoms with Gasteiger partial charge in [-0.3, -0.25) is 37.3 Å². The fourth-order valence-corrected chi connectivity index (χ4v) is 14.4. The number of aliphatic hydroxyl groups is 1. The number of phosphoric ester groups is 2. The van der Waals surface area contributed by atoms with Gasteiger partial charge in [0, 0.05) is 25.7 Å². The Kier molecular flexibility index (Phi) is 76.8. The van der Waals surface area contributed by atoms with Crippen LogP contribution in [0.1, 0.15) is 439 Å². The van der Waals surface area contributed by atoms with Crippen molar-refractivity contribution in [1.82, 2.24) is 0 Å². The van der Waals surface area contributed by atoms with Crippen molar-refractivity contribution in [2.45, 2.75) is 457 Å². The second-order valence-electron chi connectivity index (χ2n) is 29.9. The topological polar surface area (TPSA) is 237 Å². The number of rotatable bonds is 84. The molecule has 0 saturated heterocycles. The quantitative estimate of drug-likeness (QED) is 0.0169. The van der Waals surface area contributed by atoms with Gasteiger partial charge in [-0.05, 0) is 57.8 Å². The summed E-state index contributed by atoms with van der Waals surface area (Å²) in [5, 5.41) is 10.7. The van der Waals surface area contributed by atoms with Crippen LogP contribution in [-0.4, -0.2) is 96.7 Å². The van der Waals surface area contributed by atoms with E-state index in [1.54, 1.807) is 0 Å². The van der Waals surface area contributed by atoms with E-state index in [4.69, 9.17) is 37.0 Å². The number of carbonyl (C=O) groups excluding carboxylic acids is 4. The number of esters is 4. The Hall–Kier alpha value is -2.46. The predicted octanol–water partition coefficient (Wildman–Crippen LogP) is 25.7. The van der Waals surface area contributed by atoms with Gasteiger partial charge in [0.1, 0.15) is 19.3 Å². The van der Waals surface area contributed by atoms with Crippen LogP contribution in [0.3, 0.4) is 0 Å². The summed E-state index contributed by atoms with van der Waals surface area (Å²) in [5.41, 5.74) is 0. The molecule has 5 atom stereocenters. The molecule has 19 heteroatoms. The number of unbranched alkanes of at least 4 members (excludes halogenated alkanes) is 54. The summed E-state index contributed by atoms with van der Waals surface area (Å²) in [4.78, 5) is 73.2. The van der Waals surface area contributed by atoms with Gasteiger partial charge in [0.15, 0.2) is 12.2 Å². The van der Waals surface area contributed by atoms with Gasteiger partial charge in [0.05, 0.1) is 26.4 Å². The van der Waals surface area contributed by atoms with Gasteiger partial charge in [0.25, 0.3) is 0 Å². The van der Waals surface area contributed by atoms with Crippen LogP contribution in [0.5, 0.6) is 0 Å². The van der Waals surface area contributed by atoms with Crippen LogP contribution in [-0.2, 0) is 65.4 Å². The van der Waals surface area contributed by atoms with Crippen LogP contribution in [0.25, 0.3) is 0 Å². The van der Waals surface area contributed by atoms with Crippen LogP contribution in [0.4, 0.5) is 0 Å². The van der Waals surface area contributed by atoms with Gasteiger partial charge >= 0.3 is 39.5 Å². The molecule has 0 aromatic rings. The van der Waals surface area contributed by atoms with E-state index in [9.17, 15) is 43.2 Å². The monoisotopic (exact) mass is 1520 g/mol. The molecule has 0 aromatic heterocycles. The second kappa shape index (κ2) is 78.7. The smallest absolute Gasteiger partial charge is 0.462 e. The lowest BCUT2D eigenvalue weighted by atomic mass is 10.0. The van der Waals surface area contributed by atoms with Crippen molar-refractivity contribution in [3.63, 3.8) is 0 Å². The maximum Gasteiger partial charge on any atom is 0.472 e. The van der Waals surface area contributed by atoms with E-state index < -0.39 is 97.5 Å². The minimum atomic E-state index is -4.97. The molecule has 2 unspecified atom stereocenters. The van der Waals surface area contributed by atoms with Crippen molar-refractivity contribution in [2.24, 2.45) is 0 Å². The Balaban J connectivity index is 5.29. The number of aliphatic hydroxyl groups excluding tert-OH is 1. The first-order chi connectivity index (χ1) is 50.7. The largest absolute Gasteiger partial charge is 0.472 e. The Labute approximate surface area is 637 Å². The third-order valence-electron chi connectivity index (χ3n) is 19.4. The van der Waals surface area contributed by atoms with Crippen molar-refractivity contribution in [1.29, 1.82) is 0 Å². The molecule has 0 aliphatic carbocycles. The zero-order chi connectivity index (χ0) is 76.0. The molecule has 0 amide bonds. The third kappa shape index (κ3) is 77.7. The molecular weight excluding hydrogens is 1350 g/mol. The van der Waals surface area contributed by atoms with Gasteiger partial charge < -0.3 is 33.8 Å². The highest BCUT2D eigenvalue weighted by atomic mass is 31.2. The summed E-state index contributed by atoms with van der Waals surface area (Å²) < 4.78 is 68.9. The number of phosphoric acid groups is 2. The Morgan fingerprint density at radius 2 is 0.471 bits per heavy atom. The highest BCUT2D eigenvalue weighted by molar-refractivity contribution is 7.47. The zero-order valence-corrected chi connectivity index (χ0v) is 69.3. The van der Waals surface area contributed by atoms with Crippen molar-refractivity contribution < 1.29 is 80.2 Å². The summed E-state index contributed by atoms with van der Waals surface area (Å²) >= 11 is 0. The second-order valence-corrected chi connectivity index (χ2v) is 32.8. The van der Waals surface area contributed by atoms with E-state index in [0.29, 0.717) is 25.7 Å². The van der Waals surface area contributed by atoms with Crippen molar-refractivity contribution in [2.75, 3.05) is 39.6 Å². The Morgan fingerprint density at radius 1 is 0.269 bits per heavy atom. The number of carbonyl (C=O) groups is 4. The number of allylic oxidation sites excluding steroid dienone is 4. The Bertz CT molecular complexity index is 2060. The molecule has 0 bridgehead atoms. The van der Waals surface area contributed by atoms with Crippen LogP contribution in [0, 0.1) is 0 Å². The number of hydrogen-bond acceptors (Lipinski definition) is 15. The van der Waals surface area contributed by atoms with Gasteiger partial charge in [-0.15, -0.1) is 0 Å². The summed E-state index contributed by atoms with van der Waals surface area (Å²) in [6, 6.07) is 0. The molecule has 17 nitrogen and oxygen atoms in total. The summed E-state index contributed by atoms with van der Waals surface area (Å²) in [5.74, 6) is -2.13. The van der Waals surface area contributed by atoms with Crippen molar-refractivity contribution in [3.8, 4) is 0 Å². The number of ether oxygens (including phenoxy) is 4. The molecule has 0 saturated carbocycles. The molecule has 0 spiro atoms. The minimum Gasteiger partial charge on any atom is -0.462 e. The van der Waals surface area contributed by atoms with E-state index in [2.05, 4.69) is 52.0 Å². The molecule has 0 aromatic carbocycles. The van der Waals surface area contributed by atoms with Crippen LogP contribution in [0.15, 0.2) is 24.3 Å². The van der Waals surface area contributed by atoms with Crippen LogP contribution >= 0.6 is 15.6 Å². The third-order valence-corrected chi connectivity index (χ3v) is 21.4. The molecule has 0 heterocycles. The normalized spacial score (nSPS) is 13.9. The Morgan fingerprint density at radius 3 is 0.731 bits per heavy atom. The number of hydrogen-bond donors (Lipinski definition) is 3. The van der Waals surface area contributed by atoms with Gasteiger partial charge in [0.2, 0.25) is 0 Å². The highest BCUT2D eigenvalue weighted by Gasteiger charge is 2.30. The lowest BCUT2D eigenvalue weighted by molar-refractivity contribution is -0.161. The van der Waals surface area contributed by atoms with Crippen LogP contribution < -0.4 is 0 Å². The summed E-state index contributed by atoms with van der Waals surface area (Å²) in [6.45, 7) is 4.99. The van der Waals surface area contributed by atoms with Gasteiger partial charge in [-0.1, -0.05) is 379 Å². The zero-order valence-electron chi connectivity index (χ0n) is 67.5. The average molecular weight is 1520 g/mol. The molecule has 0 fully saturated rings. The lowest BCUT2D eigenvalue weighted by Gasteiger charge is -2.21. The molecule has 614 valence electrons.